The minimum atomic E-state index is -0.299. The van der Waals surface area contributed by atoms with Crippen LogP contribution in [-0.4, -0.2) is 42.9 Å². The molecule has 4 heteroatoms. The molecule has 0 radical (unpaired) electrons. The van der Waals surface area contributed by atoms with Crippen molar-refractivity contribution in [3.63, 3.8) is 0 Å². The van der Waals surface area contributed by atoms with Crippen LogP contribution in [0.5, 0.6) is 0 Å². The zero-order valence-electron chi connectivity index (χ0n) is 10.7. The smallest absolute Gasteiger partial charge is 0.165 e. The van der Waals surface area contributed by atoms with Crippen molar-refractivity contribution in [3.8, 4) is 0 Å². The van der Waals surface area contributed by atoms with Crippen LogP contribution in [0.1, 0.15) is 39.0 Å². The third-order valence-electron chi connectivity index (χ3n) is 4.21. The fraction of sp³-hybridized carbons (Fsp3) is 1.00. The van der Waals surface area contributed by atoms with Crippen LogP contribution in [0.2, 0.25) is 0 Å². The third kappa shape index (κ3) is 2.65. The van der Waals surface area contributed by atoms with Gasteiger partial charge in [-0.1, -0.05) is 26.2 Å². The number of hydrogen-bond acceptors (Lipinski definition) is 4. The summed E-state index contributed by atoms with van der Waals surface area (Å²) in [6, 6.07) is 0. The number of hydrogen-bond donors (Lipinski definition) is 2. The minimum Gasteiger partial charge on any atom is -0.396 e. The summed E-state index contributed by atoms with van der Waals surface area (Å²) >= 11 is 0. The lowest BCUT2D eigenvalue weighted by Crippen LogP contribution is -2.51. The Morgan fingerprint density at radius 2 is 1.59 bits per heavy atom. The van der Waals surface area contributed by atoms with E-state index >= 15 is 0 Å². The van der Waals surface area contributed by atoms with Crippen LogP contribution in [0.15, 0.2) is 0 Å². The molecule has 100 valence electrons. The van der Waals surface area contributed by atoms with Gasteiger partial charge in [0.25, 0.3) is 0 Å². The van der Waals surface area contributed by atoms with Crippen LogP contribution in [0.4, 0.5) is 0 Å². The van der Waals surface area contributed by atoms with E-state index in [1.165, 1.54) is 6.42 Å². The molecule has 1 heterocycles. The average molecular weight is 244 g/mol. The SMILES string of the molecule is CC1(CO)COC(C2(CO)CCCCC2)OC1. The van der Waals surface area contributed by atoms with Crippen molar-refractivity contribution in [2.45, 2.75) is 45.3 Å². The number of ether oxygens (including phenoxy) is 2. The molecular weight excluding hydrogens is 220 g/mol. The van der Waals surface area contributed by atoms with Gasteiger partial charge in [0.1, 0.15) is 0 Å². The van der Waals surface area contributed by atoms with Crippen molar-refractivity contribution in [2.75, 3.05) is 26.4 Å². The van der Waals surface area contributed by atoms with Crippen molar-refractivity contribution in [1.82, 2.24) is 0 Å². The van der Waals surface area contributed by atoms with Gasteiger partial charge in [-0.3, -0.25) is 0 Å². The highest BCUT2D eigenvalue weighted by atomic mass is 16.7. The maximum absolute atomic E-state index is 9.67. The quantitative estimate of drug-likeness (QED) is 0.785. The normalized spacial score (nSPS) is 37.9. The van der Waals surface area contributed by atoms with E-state index in [2.05, 4.69) is 0 Å². The van der Waals surface area contributed by atoms with Gasteiger partial charge in [0, 0.05) is 10.8 Å². The van der Waals surface area contributed by atoms with E-state index in [0.717, 1.165) is 25.7 Å². The molecule has 4 nitrogen and oxygen atoms in total. The number of aliphatic hydroxyl groups excluding tert-OH is 2. The topological polar surface area (TPSA) is 58.9 Å². The zero-order chi connectivity index (χ0) is 12.4. The van der Waals surface area contributed by atoms with E-state index in [1.54, 1.807) is 0 Å². The predicted molar refractivity (Wildman–Crippen MR) is 63.5 cm³/mol. The van der Waals surface area contributed by atoms with Gasteiger partial charge in [0.2, 0.25) is 0 Å². The van der Waals surface area contributed by atoms with Gasteiger partial charge in [-0.25, -0.2) is 0 Å². The number of rotatable bonds is 3. The van der Waals surface area contributed by atoms with Gasteiger partial charge in [-0.15, -0.1) is 0 Å². The summed E-state index contributed by atoms with van der Waals surface area (Å²) in [5, 5.41) is 18.9. The van der Waals surface area contributed by atoms with Gasteiger partial charge < -0.3 is 19.7 Å². The van der Waals surface area contributed by atoms with Gasteiger partial charge in [0.15, 0.2) is 6.29 Å². The molecule has 0 aromatic heterocycles. The van der Waals surface area contributed by atoms with Crippen LogP contribution < -0.4 is 0 Å². The maximum Gasteiger partial charge on any atom is 0.165 e. The molecule has 1 saturated carbocycles. The molecule has 0 bridgehead atoms. The molecule has 2 aliphatic rings. The first kappa shape index (κ1) is 13.3. The van der Waals surface area contributed by atoms with Gasteiger partial charge in [0.05, 0.1) is 26.4 Å². The Morgan fingerprint density at radius 1 is 1.00 bits per heavy atom. The predicted octanol–water partition coefficient (Wildman–Crippen LogP) is 1.30. The standard InChI is InChI=1S/C13H24O4/c1-12(7-14)9-16-11(17-10-12)13(8-15)5-3-2-4-6-13/h11,14-15H,2-10H2,1H3. The fourth-order valence-corrected chi connectivity index (χ4v) is 2.81. The largest absolute Gasteiger partial charge is 0.396 e. The Kier molecular flexibility index (Phi) is 4.08. The fourth-order valence-electron chi connectivity index (χ4n) is 2.81. The average Bonchev–Trinajstić information content (AvgIpc) is 2.40. The van der Waals surface area contributed by atoms with Crippen molar-refractivity contribution in [3.05, 3.63) is 0 Å². The van der Waals surface area contributed by atoms with Gasteiger partial charge >= 0.3 is 0 Å². The molecule has 2 N–H and O–H groups in total. The summed E-state index contributed by atoms with van der Waals surface area (Å²) in [5.74, 6) is 0. The van der Waals surface area contributed by atoms with E-state index in [1.807, 2.05) is 6.92 Å². The first-order valence-electron chi connectivity index (χ1n) is 6.59. The highest BCUT2D eigenvalue weighted by Gasteiger charge is 2.45. The molecular formula is C13H24O4. The van der Waals surface area contributed by atoms with Crippen molar-refractivity contribution >= 4 is 0 Å². The lowest BCUT2D eigenvalue weighted by molar-refractivity contribution is -0.287. The van der Waals surface area contributed by atoms with Crippen LogP contribution >= 0.6 is 0 Å². The monoisotopic (exact) mass is 244 g/mol. The van der Waals surface area contributed by atoms with Gasteiger partial charge in [-0.2, -0.15) is 0 Å². The Bertz CT molecular complexity index is 240. The van der Waals surface area contributed by atoms with E-state index in [-0.39, 0.29) is 30.3 Å². The number of aliphatic hydroxyl groups is 2. The summed E-state index contributed by atoms with van der Waals surface area (Å²) in [7, 11) is 0. The minimum absolute atomic E-state index is 0.0752. The van der Waals surface area contributed by atoms with Gasteiger partial charge in [-0.05, 0) is 12.8 Å². The molecule has 0 aromatic rings. The Hall–Kier alpha value is -0.160. The molecule has 17 heavy (non-hydrogen) atoms. The second kappa shape index (κ2) is 5.22. The van der Waals surface area contributed by atoms with Crippen LogP contribution in [0.3, 0.4) is 0 Å². The molecule has 0 atom stereocenters. The molecule has 2 fully saturated rings. The third-order valence-corrected chi connectivity index (χ3v) is 4.21. The van der Waals surface area contributed by atoms with Crippen LogP contribution in [0, 0.1) is 10.8 Å². The van der Waals surface area contributed by atoms with Crippen molar-refractivity contribution in [2.24, 2.45) is 10.8 Å². The first-order chi connectivity index (χ1) is 8.14. The molecule has 1 aliphatic carbocycles. The summed E-state index contributed by atoms with van der Waals surface area (Å²) in [5.41, 5.74) is -0.503. The second-order valence-corrected chi connectivity index (χ2v) is 6.00. The van der Waals surface area contributed by atoms with E-state index in [0.29, 0.717) is 13.2 Å². The molecule has 1 saturated heterocycles. The molecule has 2 rings (SSSR count). The highest BCUT2D eigenvalue weighted by molar-refractivity contribution is 4.88. The van der Waals surface area contributed by atoms with E-state index in [4.69, 9.17) is 9.47 Å². The summed E-state index contributed by atoms with van der Waals surface area (Å²) in [6.45, 7) is 3.18. The molecule has 0 unspecified atom stereocenters. The summed E-state index contributed by atoms with van der Waals surface area (Å²) in [4.78, 5) is 0. The molecule has 0 aromatic carbocycles. The van der Waals surface area contributed by atoms with E-state index < -0.39 is 0 Å². The maximum atomic E-state index is 9.67. The van der Waals surface area contributed by atoms with Crippen LogP contribution in [-0.2, 0) is 9.47 Å². The van der Waals surface area contributed by atoms with Crippen LogP contribution in [0.25, 0.3) is 0 Å². The van der Waals surface area contributed by atoms with Crippen molar-refractivity contribution in [1.29, 1.82) is 0 Å². The Labute approximate surface area is 103 Å². The summed E-state index contributed by atoms with van der Waals surface area (Å²) in [6.07, 6.45) is 5.17. The molecule has 0 spiro atoms. The molecule has 1 aliphatic heterocycles. The molecule has 0 amide bonds. The highest BCUT2D eigenvalue weighted by Crippen LogP contribution is 2.43. The second-order valence-electron chi connectivity index (χ2n) is 6.00. The Morgan fingerprint density at radius 3 is 2.06 bits per heavy atom. The Balaban J connectivity index is 1.98. The zero-order valence-corrected chi connectivity index (χ0v) is 10.7. The first-order valence-corrected chi connectivity index (χ1v) is 6.59. The summed E-state index contributed by atoms with van der Waals surface area (Å²) < 4.78 is 11.6. The lowest BCUT2D eigenvalue weighted by atomic mass is 9.73. The van der Waals surface area contributed by atoms with Crippen molar-refractivity contribution < 1.29 is 19.7 Å². The lowest BCUT2D eigenvalue weighted by Gasteiger charge is -2.46. The van der Waals surface area contributed by atoms with E-state index in [9.17, 15) is 10.2 Å².